The van der Waals surface area contributed by atoms with Gasteiger partial charge in [0.15, 0.2) is 0 Å². The van der Waals surface area contributed by atoms with Crippen LogP contribution in [0.2, 0.25) is 0 Å². The molecule has 2 aliphatic heterocycles. The molecule has 2 amide bonds. The summed E-state index contributed by atoms with van der Waals surface area (Å²) >= 11 is 0. The Hall–Kier alpha value is -2.39. The molecule has 28 heavy (non-hydrogen) atoms. The van der Waals surface area contributed by atoms with E-state index in [-0.39, 0.29) is 30.4 Å². The number of rotatable bonds is 6. The van der Waals surface area contributed by atoms with Gasteiger partial charge in [-0.05, 0) is 36.3 Å². The number of fused-ring (bicyclic) bond motifs is 1. The van der Waals surface area contributed by atoms with Crippen LogP contribution in [0.3, 0.4) is 0 Å². The van der Waals surface area contributed by atoms with E-state index >= 15 is 0 Å². The summed E-state index contributed by atoms with van der Waals surface area (Å²) in [6, 6.07) is 10.4. The highest BCUT2D eigenvalue weighted by atomic mass is 16.2. The van der Waals surface area contributed by atoms with Crippen LogP contribution < -0.4 is 5.32 Å². The molecule has 1 saturated heterocycles. The molecule has 1 N–H and O–H groups in total. The van der Waals surface area contributed by atoms with Crippen LogP contribution in [-0.4, -0.2) is 53.8 Å². The van der Waals surface area contributed by atoms with Crippen molar-refractivity contribution in [1.82, 2.24) is 15.1 Å². The Bertz CT molecular complexity index is 755. The normalized spacial score (nSPS) is 21.5. The van der Waals surface area contributed by atoms with E-state index in [2.05, 4.69) is 43.4 Å². The minimum absolute atomic E-state index is 0.0524. The highest BCUT2D eigenvalue weighted by Gasteiger charge is 2.32. The Morgan fingerprint density at radius 3 is 2.75 bits per heavy atom. The Morgan fingerprint density at radius 2 is 2.00 bits per heavy atom. The van der Waals surface area contributed by atoms with Crippen molar-refractivity contribution in [2.24, 2.45) is 5.92 Å². The first kappa shape index (κ1) is 20.3. The second-order valence-electron chi connectivity index (χ2n) is 8.03. The van der Waals surface area contributed by atoms with Crippen LogP contribution in [0, 0.1) is 17.2 Å². The highest BCUT2D eigenvalue weighted by Crippen LogP contribution is 2.35. The summed E-state index contributed by atoms with van der Waals surface area (Å²) in [7, 11) is 0. The van der Waals surface area contributed by atoms with Crippen LogP contribution in [0.1, 0.15) is 50.3 Å². The van der Waals surface area contributed by atoms with Gasteiger partial charge >= 0.3 is 0 Å². The summed E-state index contributed by atoms with van der Waals surface area (Å²) in [5, 5.41) is 12.2. The molecule has 0 spiro atoms. The van der Waals surface area contributed by atoms with Gasteiger partial charge in [-0.3, -0.25) is 9.59 Å². The maximum Gasteiger partial charge on any atom is 0.237 e. The summed E-state index contributed by atoms with van der Waals surface area (Å²) in [5.74, 6) is 0.422. The van der Waals surface area contributed by atoms with E-state index in [1.54, 1.807) is 4.90 Å². The zero-order valence-electron chi connectivity index (χ0n) is 16.9. The number of nitriles is 1. The van der Waals surface area contributed by atoms with Crippen molar-refractivity contribution in [2.75, 3.05) is 26.2 Å². The second-order valence-corrected chi connectivity index (χ2v) is 8.03. The lowest BCUT2D eigenvalue weighted by molar-refractivity contribution is -0.135. The number of nitrogens with one attached hydrogen (secondary N) is 1. The van der Waals surface area contributed by atoms with E-state index in [1.807, 2.05) is 11.0 Å². The number of carbonyl (C=O) groups is 2. The quantitative estimate of drug-likeness (QED) is 0.766. The van der Waals surface area contributed by atoms with Crippen LogP contribution >= 0.6 is 0 Å². The standard InChI is InChI=1S/C22H30N4O2/c1-16(2)22-19-8-4-3-6-17(19)10-13-26(22)20(27)9-11-24-15-21(28)25-12-5-7-18(25)14-23/h3-4,6,8,16,18,22,24H,5,7,9-13,15H2,1-2H3. The molecule has 2 unspecified atom stereocenters. The summed E-state index contributed by atoms with van der Waals surface area (Å²) in [5.41, 5.74) is 2.60. The summed E-state index contributed by atoms with van der Waals surface area (Å²) in [6.07, 6.45) is 2.91. The number of likely N-dealkylation sites (tertiary alicyclic amines) is 1. The fourth-order valence-corrected chi connectivity index (χ4v) is 4.43. The molecule has 1 aromatic carbocycles. The van der Waals surface area contributed by atoms with Gasteiger partial charge in [0.1, 0.15) is 6.04 Å². The molecule has 0 saturated carbocycles. The maximum atomic E-state index is 12.9. The van der Waals surface area contributed by atoms with Crippen molar-refractivity contribution in [2.45, 2.75) is 51.6 Å². The van der Waals surface area contributed by atoms with E-state index in [4.69, 9.17) is 5.26 Å². The Labute approximate surface area is 167 Å². The van der Waals surface area contributed by atoms with Crippen LogP contribution in [0.4, 0.5) is 0 Å². The third-order valence-corrected chi connectivity index (χ3v) is 5.80. The molecule has 2 atom stereocenters. The molecule has 0 aliphatic carbocycles. The van der Waals surface area contributed by atoms with Crippen molar-refractivity contribution in [1.29, 1.82) is 5.26 Å². The largest absolute Gasteiger partial charge is 0.335 e. The second kappa shape index (κ2) is 9.20. The average Bonchev–Trinajstić information content (AvgIpc) is 3.18. The van der Waals surface area contributed by atoms with Gasteiger partial charge in [0.25, 0.3) is 0 Å². The average molecular weight is 383 g/mol. The molecule has 1 fully saturated rings. The Kier molecular flexibility index (Phi) is 6.69. The molecule has 2 heterocycles. The lowest BCUT2D eigenvalue weighted by atomic mass is 9.86. The van der Waals surface area contributed by atoms with Crippen LogP contribution in [-0.2, 0) is 16.0 Å². The van der Waals surface area contributed by atoms with Crippen molar-refractivity contribution in [3.63, 3.8) is 0 Å². The van der Waals surface area contributed by atoms with Gasteiger partial charge in [-0.25, -0.2) is 0 Å². The predicted molar refractivity (Wildman–Crippen MR) is 107 cm³/mol. The van der Waals surface area contributed by atoms with Gasteiger partial charge in [0, 0.05) is 26.1 Å². The number of nitrogens with zero attached hydrogens (tertiary/aromatic N) is 3. The monoisotopic (exact) mass is 382 g/mol. The molecule has 2 aliphatic rings. The van der Waals surface area contributed by atoms with Crippen molar-refractivity contribution >= 4 is 11.8 Å². The smallest absolute Gasteiger partial charge is 0.237 e. The molecular weight excluding hydrogens is 352 g/mol. The summed E-state index contributed by atoms with van der Waals surface area (Å²) in [6.45, 7) is 6.37. The fourth-order valence-electron chi connectivity index (χ4n) is 4.43. The van der Waals surface area contributed by atoms with E-state index in [1.165, 1.54) is 11.1 Å². The lowest BCUT2D eigenvalue weighted by Gasteiger charge is -2.40. The molecule has 0 bridgehead atoms. The third kappa shape index (κ3) is 4.36. The molecule has 0 radical (unpaired) electrons. The Balaban J connectivity index is 1.51. The number of hydrogen-bond acceptors (Lipinski definition) is 4. The predicted octanol–water partition coefficient (Wildman–Crippen LogP) is 2.26. The zero-order valence-corrected chi connectivity index (χ0v) is 16.9. The number of hydrogen-bond donors (Lipinski definition) is 1. The molecule has 3 rings (SSSR count). The molecule has 6 nitrogen and oxygen atoms in total. The van der Waals surface area contributed by atoms with Crippen molar-refractivity contribution in [3.05, 3.63) is 35.4 Å². The SMILES string of the molecule is CC(C)C1c2ccccc2CCN1C(=O)CCNCC(=O)N1CCCC1C#N. The first-order valence-corrected chi connectivity index (χ1v) is 10.3. The maximum absolute atomic E-state index is 12.9. The summed E-state index contributed by atoms with van der Waals surface area (Å²) in [4.78, 5) is 28.8. The molecular formula is C22H30N4O2. The third-order valence-electron chi connectivity index (χ3n) is 5.80. The highest BCUT2D eigenvalue weighted by molar-refractivity contribution is 5.80. The van der Waals surface area contributed by atoms with Crippen LogP contribution in [0.5, 0.6) is 0 Å². The summed E-state index contributed by atoms with van der Waals surface area (Å²) < 4.78 is 0. The Morgan fingerprint density at radius 1 is 1.21 bits per heavy atom. The van der Waals surface area contributed by atoms with E-state index < -0.39 is 0 Å². The van der Waals surface area contributed by atoms with Gasteiger partial charge in [-0.2, -0.15) is 5.26 Å². The minimum atomic E-state index is -0.295. The van der Waals surface area contributed by atoms with Gasteiger partial charge < -0.3 is 15.1 Å². The van der Waals surface area contributed by atoms with Crippen LogP contribution in [0.15, 0.2) is 24.3 Å². The first-order valence-electron chi connectivity index (χ1n) is 10.3. The minimum Gasteiger partial charge on any atom is -0.335 e. The zero-order chi connectivity index (χ0) is 20.1. The van der Waals surface area contributed by atoms with E-state index in [0.717, 1.165) is 25.8 Å². The topological polar surface area (TPSA) is 76.4 Å². The number of benzene rings is 1. The lowest BCUT2D eigenvalue weighted by Crippen LogP contribution is -2.44. The molecule has 0 aromatic heterocycles. The van der Waals surface area contributed by atoms with Gasteiger partial charge in [0.05, 0.1) is 18.7 Å². The number of carbonyl (C=O) groups excluding carboxylic acids is 2. The fraction of sp³-hybridized carbons (Fsp3) is 0.591. The van der Waals surface area contributed by atoms with Gasteiger partial charge in [0.2, 0.25) is 11.8 Å². The van der Waals surface area contributed by atoms with E-state index in [9.17, 15) is 9.59 Å². The first-order chi connectivity index (χ1) is 13.5. The van der Waals surface area contributed by atoms with Crippen LogP contribution in [0.25, 0.3) is 0 Å². The van der Waals surface area contributed by atoms with Gasteiger partial charge in [-0.15, -0.1) is 0 Å². The molecule has 1 aromatic rings. The van der Waals surface area contributed by atoms with Crippen molar-refractivity contribution in [3.8, 4) is 6.07 Å². The van der Waals surface area contributed by atoms with Gasteiger partial charge in [-0.1, -0.05) is 38.1 Å². The molecule has 150 valence electrons. The molecule has 6 heteroatoms. The van der Waals surface area contributed by atoms with E-state index in [0.29, 0.717) is 25.4 Å². The number of amides is 2. The van der Waals surface area contributed by atoms with Crippen molar-refractivity contribution < 1.29 is 9.59 Å².